The molecular weight excluding hydrogens is 428 g/mol. The summed E-state index contributed by atoms with van der Waals surface area (Å²) in [5.41, 5.74) is 5.01. The van der Waals surface area contributed by atoms with Gasteiger partial charge in [0.25, 0.3) is 0 Å². The van der Waals surface area contributed by atoms with E-state index in [0.717, 1.165) is 19.3 Å². The van der Waals surface area contributed by atoms with E-state index in [4.69, 9.17) is 10.8 Å². The number of hydrogen-bond acceptors (Lipinski definition) is 3. The lowest BCUT2D eigenvalue weighted by molar-refractivity contribution is -0.143. The summed E-state index contributed by atoms with van der Waals surface area (Å²) in [7, 11) is 0. The first-order chi connectivity index (χ1) is 16.5. The van der Waals surface area contributed by atoms with Crippen LogP contribution < -0.4 is 11.1 Å². The average molecular weight is 481 g/mol. The highest BCUT2D eigenvalue weighted by molar-refractivity contribution is 5.88. The second-order valence-electron chi connectivity index (χ2n) is 9.58. The molecule has 0 aliphatic rings. The van der Waals surface area contributed by atoms with Gasteiger partial charge in [-0.1, -0.05) is 109 Å². The van der Waals surface area contributed by atoms with E-state index in [9.17, 15) is 14.4 Å². The van der Waals surface area contributed by atoms with E-state index in [1.54, 1.807) is 0 Å². The first-order valence-electron chi connectivity index (χ1n) is 13.9. The third kappa shape index (κ3) is 23.3. The number of aliphatic carboxylic acids is 1. The lowest BCUT2D eigenvalue weighted by atomic mass is 10.0. The molecule has 0 bridgehead atoms. The normalized spacial score (nSPS) is 12.1. The molecule has 34 heavy (non-hydrogen) atoms. The van der Waals surface area contributed by atoms with Crippen LogP contribution in [0.1, 0.15) is 142 Å². The van der Waals surface area contributed by atoms with Gasteiger partial charge in [0, 0.05) is 6.42 Å². The molecule has 0 aromatic heterocycles. The molecule has 0 heterocycles. The summed E-state index contributed by atoms with van der Waals surface area (Å²) in [5, 5.41) is 11.4. The van der Waals surface area contributed by atoms with Crippen molar-refractivity contribution in [2.24, 2.45) is 5.73 Å². The highest BCUT2D eigenvalue weighted by atomic mass is 16.4. The molecule has 6 heteroatoms. The molecule has 1 unspecified atom stereocenters. The standard InChI is InChI=1S/C28H52N2O4/c1-2-3-4-5-6-7-8-9-10-11-12-13-14-15-16-17-18-19-20-21-22-23-27(32)30-25(28(33)34)24-26(29)31/h9-10,25H,2-8,11-24H2,1H3,(H2,29,31)(H,30,32)(H,33,34)/b10-9+. The maximum Gasteiger partial charge on any atom is 0.326 e. The Hall–Kier alpha value is -1.85. The third-order valence-corrected chi connectivity index (χ3v) is 6.20. The lowest BCUT2D eigenvalue weighted by Gasteiger charge is -2.12. The second kappa shape index (κ2) is 24.3. The lowest BCUT2D eigenvalue weighted by Crippen LogP contribution is -2.43. The number of rotatable bonds is 25. The SMILES string of the molecule is CCCCCCCC/C=C/CCCCCCCCCCCCCC(=O)NC(CC(N)=O)C(=O)O. The number of nitrogens with two attached hydrogens (primary N) is 1. The third-order valence-electron chi connectivity index (χ3n) is 6.20. The Morgan fingerprint density at radius 1 is 0.706 bits per heavy atom. The predicted octanol–water partition coefficient (Wildman–Crippen LogP) is 6.81. The van der Waals surface area contributed by atoms with Crippen LogP contribution in [0.15, 0.2) is 12.2 Å². The molecule has 0 aromatic carbocycles. The van der Waals surface area contributed by atoms with E-state index >= 15 is 0 Å². The molecule has 0 aromatic rings. The van der Waals surface area contributed by atoms with E-state index in [1.807, 2.05) is 0 Å². The molecule has 0 aliphatic heterocycles. The minimum atomic E-state index is -1.23. The Labute approximate surface area is 208 Å². The van der Waals surface area contributed by atoms with E-state index in [1.165, 1.54) is 103 Å². The van der Waals surface area contributed by atoms with Gasteiger partial charge < -0.3 is 16.2 Å². The number of amides is 2. The summed E-state index contributed by atoms with van der Waals surface area (Å²) >= 11 is 0. The Morgan fingerprint density at radius 2 is 1.12 bits per heavy atom. The number of carbonyl (C=O) groups is 3. The fourth-order valence-corrected chi connectivity index (χ4v) is 4.08. The minimum Gasteiger partial charge on any atom is -0.480 e. The number of unbranched alkanes of at least 4 members (excludes halogenated alkanes) is 17. The van der Waals surface area contributed by atoms with Crippen LogP contribution in [-0.4, -0.2) is 28.9 Å². The zero-order valence-electron chi connectivity index (χ0n) is 21.8. The van der Waals surface area contributed by atoms with Gasteiger partial charge in [-0.2, -0.15) is 0 Å². The van der Waals surface area contributed by atoms with Crippen molar-refractivity contribution in [3.05, 3.63) is 12.2 Å². The van der Waals surface area contributed by atoms with Gasteiger partial charge in [-0.25, -0.2) is 4.79 Å². The molecular formula is C28H52N2O4. The van der Waals surface area contributed by atoms with Gasteiger partial charge in [-0.05, 0) is 32.1 Å². The number of allylic oxidation sites excluding steroid dienone is 2. The highest BCUT2D eigenvalue weighted by Gasteiger charge is 2.21. The van der Waals surface area contributed by atoms with Gasteiger partial charge in [0.15, 0.2) is 0 Å². The van der Waals surface area contributed by atoms with Crippen molar-refractivity contribution in [1.82, 2.24) is 5.32 Å². The van der Waals surface area contributed by atoms with Gasteiger partial charge >= 0.3 is 5.97 Å². The molecule has 2 amide bonds. The van der Waals surface area contributed by atoms with Crippen molar-refractivity contribution < 1.29 is 19.5 Å². The van der Waals surface area contributed by atoms with Crippen molar-refractivity contribution in [1.29, 1.82) is 0 Å². The predicted molar refractivity (Wildman–Crippen MR) is 141 cm³/mol. The van der Waals surface area contributed by atoms with Crippen molar-refractivity contribution in [3.63, 3.8) is 0 Å². The Morgan fingerprint density at radius 3 is 1.53 bits per heavy atom. The van der Waals surface area contributed by atoms with Gasteiger partial charge in [0.05, 0.1) is 6.42 Å². The zero-order valence-corrected chi connectivity index (χ0v) is 21.8. The summed E-state index contributed by atoms with van der Waals surface area (Å²) in [4.78, 5) is 33.7. The number of carboxylic acid groups (broad SMARTS) is 1. The van der Waals surface area contributed by atoms with Gasteiger partial charge in [-0.3, -0.25) is 9.59 Å². The largest absolute Gasteiger partial charge is 0.480 e. The maximum atomic E-state index is 11.8. The molecule has 0 saturated carbocycles. The number of primary amides is 1. The van der Waals surface area contributed by atoms with E-state index < -0.39 is 17.9 Å². The van der Waals surface area contributed by atoms with E-state index in [2.05, 4.69) is 24.4 Å². The fourth-order valence-electron chi connectivity index (χ4n) is 4.08. The fraction of sp³-hybridized carbons (Fsp3) is 0.821. The van der Waals surface area contributed by atoms with E-state index in [-0.39, 0.29) is 18.7 Å². The molecule has 198 valence electrons. The highest BCUT2D eigenvalue weighted by Crippen LogP contribution is 2.13. The first-order valence-corrected chi connectivity index (χ1v) is 13.9. The van der Waals surface area contributed by atoms with E-state index in [0.29, 0.717) is 0 Å². The van der Waals surface area contributed by atoms with Crippen LogP contribution in [0.5, 0.6) is 0 Å². The van der Waals surface area contributed by atoms with Crippen LogP contribution in [0.4, 0.5) is 0 Å². The summed E-state index contributed by atoms with van der Waals surface area (Å²) in [6, 6.07) is -1.23. The minimum absolute atomic E-state index is 0.288. The van der Waals surface area contributed by atoms with Crippen molar-refractivity contribution in [2.75, 3.05) is 0 Å². The Balaban J connectivity index is 3.36. The van der Waals surface area contributed by atoms with Gasteiger partial charge in [-0.15, -0.1) is 0 Å². The molecule has 0 fully saturated rings. The Bertz CT molecular complexity index is 549. The first kappa shape index (κ1) is 32.1. The number of carboxylic acids is 1. The Kier molecular flexibility index (Phi) is 23.0. The summed E-state index contributed by atoms with van der Waals surface area (Å²) in [5.74, 6) is -2.30. The van der Waals surface area contributed by atoms with Crippen LogP contribution in [0.25, 0.3) is 0 Å². The van der Waals surface area contributed by atoms with Crippen molar-refractivity contribution in [3.8, 4) is 0 Å². The van der Waals surface area contributed by atoms with Crippen molar-refractivity contribution in [2.45, 2.75) is 148 Å². The monoisotopic (exact) mass is 480 g/mol. The molecule has 0 saturated heterocycles. The second-order valence-corrected chi connectivity index (χ2v) is 9.58. The van der Waals surface area contributed by atoms with Gasteiger partial charge in [0.1, 0.15) is 6.04 Å². The molecule has 0 aliphatic carbocycles. The number of carbonyl (C=O) groups excluding carboxylic acids is 2. The van der Waals surface area contributed by atoms with Crippen LogP contribution in [-0.2, 0) is 14.4 Å². The quantitative estimate of drug-likeness (QED) is 0.0984. The topological polar surface area (TPSA) is 109 Å². The summed E-state index contributed by atoms with van der Waals surface area (Å²) < 4.78 is 0. The molecule has 0 rings (SSSR count). The van der Waals surface area contributed by atoms with Crippen LogP contribution >= 0.6 is 0 Å². The smallest absolute Gasteiger partial charge is 0.326 e. The van der Waals surface area contributed by atoms with Crippen LogP contribution in [0.2, 0.25) is 0 Å². The summed E-state index contributed by atoms with van der Waals surface area (Å²) in [6.45, 7) is 2.26. The van der Waals surface area contributed by atoms with Crippen molar-refractivity contribution >= 4 is 17.8 Å². The number of hydrogen-bond donors (Lipinski definition) is 3. The summed E-state index contributed by atoms with van der Waals surface area (Å²) in [6.07, 6.45) is 28.6. The molecule has 4 N–H and O–H groups in total. The van der Waals surface area contributed by atoms with Crippen LogP contribution in [0, 0.1) is 0 Å². The average Bonchev–Trinajstić information content (AvgIpc) is 2.79. The molecule has 1 atom stereocenters. The maximum absolute atomic E-state index is 11.8. The van der Waals surface area contributed by atoms with Crippen LogP contribution in [0.3, 0.4) is 0 Å². The number of nitrogens with one attached hydrogen (secondary N) is 1. The molecule has 6 nitrogen and oxygen atoms in total. The molecule has 0 spiro atoms. The zero-order chi connectivity index (χ0) is 25.3. The van der Waals surface area contributed by atoms with Gasteiger partial charge in [0.2, 0.25) is 11.8 Å². The molecule has 0 radical (unpaired) electrons.